The van der Waals surface area contributed by atoms with Crippen LogP contribution >= 0.6 is 22.6 Å². The van der Waals surface area contributed by atoms with Crippen molar-refractivity contribution < 1.29 is 4.52 Å². The lowest BCUT2D eigenvalue weighted by Crippen LogP contribution is -2.46. The molecule has 7 nitrogen and oxygen atoms in total. The van der Waals surface area contributed by atoms with Gasteiger partial charge in [-0.3, -0.25) is 4.90 Å². The Morgan fingerprint density at radius 3 is 2.75 bits per heavy atom. The van der Waals surface area contributed by atoms with Crippen molar-refractivity contribution >= 4 is 39.3 Å². The summed E-state index contributed by atoms with van der Waals surface area (Å²) in [4.78, 5) is 17.9. The number of fused-ring (bicyclic) bond motifs is 1. The maximum absolute atomic E-state index is 5.04. The minimum Gasteiger partial charge on any atom is -0.353 e. The normalized spacial score (nSPS) is 16.0. The standard InChI is InChI=1S/C16H17IN6O/c1-11-20-15(21-24-11)9-22-4-6-23(7-5-22)16-13-8-12(17)2-3-14(13)18-10-19-16/h2-3,8,10H,4-7,9H2,1H3. The van der Waals surface area contributed by atoms with Gasteiger partial charge in [0.05, 0.1) is 12.1 Å². The molecule has 3 aromatic rings. The van der Waals surface area contributed by atoms with Crippen LogP contribution in [0.25, 0.3) is 10.9 Å². The van der Waals surface area contributed by atoms with Crippen molar-refractivity contribution in [1.82, 2.24) is 25.0 Å². The Morgan fingerprint density at radius 2 is 2.00 bits per heavy atom. The highest BCUT2D eigenvalue weighted by Crippen LogP contribution is 2.25. The average Bonchev–Trinajstić information content (AvgIpc) is 3.00. The van der Waals surface area contributed by atoms with Gasteiger partial charge in [0.2, 0.25) is 5.89 Å². The molecule has 0 spiro atoms. The number of nitrogens with zero attached hydrogens (tertiary/aromatic N) is 6. The van der Waals surface area contributed by atoms with Crippen LogP contribution in [0.1, 0.15) is 11.7 Å². The van der Waals surface area contributed by atoms with E-state index in [1.54, 1.807) is 6.33 Å². The zero-order chi connectivity index (χ0) is 16.5. The molecule has 0 N–H and O–H groups in total. The Morgan fingerprint density at radius 1 is 1.17 bits per heavy atom. The van der Waals surface area contributed by atoms with Crippen LogP contribution in [-0.4, -0.2) is 51.2 Å². The lowest BCUT2D eigenvalue weighted by atomic mass is 10.2. The summed E-state index contributed by atoms with van der Waals surface area (Å²) in [5.74, 6) is 2.39. The molecule has 0 atom stereocenters. The lowest BCUT2D eigenvalue weighted by Gasteiger charge is -2.35. The van der Waals surface area contributed by atoms with Gasteiger partial charge in [-0.15, -0.1) is 0 Å². The molecule has 0 bridgehead atoms. The van der Waals surface area contributed by atoms with Crippen molar-refractivity contribution in [2.45, 2.75) is 13.5 Å². The zero-order valence-corrected chi connectivity index (χ0v) is 15.5. The van der Waals surface area contributed by atoms with Gasteiger partial charge in [0.25, 0.3) is 0 Å². The first kappa shape index (κ1) is 15.7. The van der Waals surface area contributed by atoms with E-state index in [9.17, 15) is 0 Å². The first-order valence-electron chi connectivity index (χ1n) is 7.86. The summed E-state index contributed by atoms with van der Waals surface area (Å²) in [6, 6.07) is 6.28. The quantitative estimate of drug-likeness (QED) is 0.584. The van der Waals surface area contributed by atoms with E-state index in [4.69, 9.17) is 4.52 Å². The number of aryl methyl sites for hydroxylation is 1. The lowest BCUT2D eigenvalue weighted by molar-refractivity contribution is 0.239. The molecule has 24 heavy (non-hydrogen) atoms. The van der Waals surface area contributed by atoms with Crippen LogP contribution in [0.2, 0.25) is 0 Å². The molecule has 8 heteroatoms. The first-order valence-corrected chi connectivity index (χ1v) is 8.94. The number of anilines is 1. The molecule has 1 fully saturated rings. The molecule has 124 valence electrons. The van der Waals surface area contributed by atoms with E-state index in [2.05, 4.69) is 70.7 Å². The Hall–Kier alpha value is -1.81. The summed E-state index contributed by atoms with van der Waals surface area (Å²) >= 11 is 2.33. The topological polar surface area (TPSA) is 71.2 Å². The molecule has 3 heterocycles. The summed E-state index contributed by atoms with van der Waals surface area (Å²) in [5.41, 5.74) is 0.991. The number of aromatic nitrogens is 4. The highest BCUT2D eigenvalue weighted by molar-refractivity contribution is 14.1. The third kappa shape index (κ3) is 3.20. The van der Waals surface area contributed by atoms with Gasteiger partial charge >= 0.3 is 0 Å². The third-order valence-electron chi connectivity index (χ3n) is 4.18. The number of halogens is 1. The van der Waals surface area contributed by atoms with Gasteiger partial charge in [0, 0.05) is 42.1 Å². The van der Waals surface area contributed by atoms with E-state index in [0.29, 0.717) is 5.89 Å². The Bertz CT molecular complexity index is 859. The summed E-state index contributed by atoms with van der Waals surface area (Å²) in [5, 5.41) is 5.09. The third-order valence-corrected chi connectivity index (χ3v) is 4.85. The molecule has 1 saturated heterocycles. The molecule has 4 rings (SSSR count). The van der Waals surface area contributed by atoms with Gasteiger partial charge in [-0.25, -0.2) is 9.97 Å². The highest BCUT2D eigenvalue weighted by atomic mass is 127. The number of hydrogen-bond acceptors (Lipinski definition) is 7. The summed E-state index contributed by atoms with van der Waals surface area (Å²) in [7, 11) is 0. The molecule has 0 amide bonds. The Kier molecular flexibility index (Phi) is 4.31. The molecule has 0 aliphatic carbocycles. The summed E-state index contributed by atoms with van der Waals surface area (Å²) in [6.07, 6.45) is 1.65. The van der Waals surface area contributed by atoms with Crippen LogP contribution in [0.4, 0.5) is 5.82 Å². The molecule has 2 aromatic heterocycles. The van der Waals surface area contributed by atoms with Crippen LogP contribution in [0.15, 0.2) is 29.0 Å². The molecule has 0 unspecified atom stereocenters. The van der Waals surface area contributed by atoms with E-state index < -0.39 is 0 Å². The van der Waals surface area contributed by atoms with E-state index in [0.717, 1.165) is 55.3 Å². The molecule has 1 aliphatic rings. The van der Waals surface area contributed by atoms with E-state index in [1.807, 2.05) is 6.92 Å². The predicted octanol–water partition coefficient (Wildman–Crippen LogP) is 2.25. The SMILES string of the molecule is Cc1nc(CN2CCN(c3ncnc4ccc(I)cc34)CC2)no1. The maximum Gasteiger partial charge on any atom is 0.223 e. The fourth-order valence-electron chi connectivity index (χ4n) is 2.99. The average molecular weight is 436 g/mol. The minimum absolute atomic E-state index is 0.616. The van der Waals surface area contributed by atoms with Crippen molar-refractivity contribution in [2.75, 3.05) is 31.1 Å². The summed E-state index contributed by atoms with van der Waals surface area (Å²) < 4.78 is 6.24. The molecular weight excluding hydrogens is 419 g/mol. The van der Waals surface area contributed by atoms with Gasteiger partial charge < -0.3 is 9.42 Å². The second kappa shape index (κ2) is 6.60. The zero-order valence-electron chi connectivity index (χ0n) is 13.3. The molecule has 0 radical (unpaired) electrons. The van der Waals surface area contributed by atoms with Crippen LogP contribution in [0.5, 0.6) is 0 Å². The molecule has 1 aromatic carbocycles. The van der Waals surface area contributed by atoms with Gasteiger partial charge in [-0.05, 0) is 40.8 Å². The number of rotatable bonds is 3. The largest absolute Gasteiger partial charge is 0.353 e. The highest BCUT2D eigenvalue weighted by Gasteiger charge is 2.21. The molecule has 0 saturated carbocycles. The minimum atomic E-state index is 0.616. The van der Waals surface area contributed by atoms with Crippen molar-refractivity contribution in [3.63, 3.8) is 0 Å². The smallest absolute Gasteiger partial charge is 0.223 e. The Balaban J connectivity index is 1.49. The van der Waals surface area contributed by atoms with Crippen LogP contribution < -0.4 is 4.90 Å². The van der Waals surface area contributed by atoms with E-state index in [1.165, 1.54) is 3.57 Å². The molecule has 1 aliphatic heterocycles. The fraction of sp³-hybridized carbons (Fsp3) is 0.375. The number of benzene rings is 1. The van der Waals surface area contributed by atoms with E-state index >= 15 is 0 Å². The van der Waals surface area contributed by atoms with Gasteiger partial charge in [-0.1, -0.05) is 5.16 Å². The monoisotopic (exact) mass is 436 g/mol. The van der Waals surface area contributed by atoms with Crippen molar-refractivity contribution in [2.24, 2.45) is 0 Å². The Labute approximate surface area is 153 Å². The van der Waals surface area contributed by atoms with Gasteiger partial charge in [0.15, 0.2) is 5.82 Å². The maximum atomic E-state index is 5.04. The van der Waals surface area contributed by atoms with Crippen molar-refractivity contribution in [3.8, 4) is 0 Å². The molecular formula is C16H17IN6O. The van der Waals surface area contributed by atoms with Gasteiger partial charge in [0.1, 0.15) is 12.1 Å². The second-order valence-corrected chi connectivity index (χ2v) is 7.10. The summed E-state index contributed by atoms with van der Waals surface area (Å²) in [6.45, 7) is 6.29. The van der Waals surface area contributed by atoms with Crippen LogP contribution in [-0.2, 0) is 6.54 Å². The fourth-order valence-corrected chi connectivity index (χ4v) is 3.48. The van der Waals surface area contributed by atoms with Crippen molar-refractivity contribution in [1.29, 1.82) is 0 Å². The van der Waals surface area contributed by atoms with Crippen molar-refractivity contribution in [3.05, 3.63) is 39.8 Å². The second-order valence-electron chi connectivity index (χ2n) is 5.85. The predicted molar refractivity (Wildman–Crippen MR) is 98.8 cm³/mol. The number of hydrogen-bond donors (Lipinski definition) is 0. The number of piperazine rings is 1. The van der Waals surface area contributed by atoms with Gasteiger partial charge in [-0.2, -0.15) is 4.98 Å². The van der Waals surface area contributed by atoms with E-state index in [-0.39, 0.29) is 0 Å². The van der Waals surface area contributed by atoms with Crippen LogP contribution in [0.3, 0.4) is 0 Å². The van der Waals surface area contributed by atoms with Crippen LogP contribution in [0, 0.1) is 10.5 Å². The first-order chi connectivity index (χ1) is 11.7.